The van der Waals surface area contributed by atoms with Gasteiger partial charge in [-0.25, -0.2) is 13.2 Å². The number of piperazine rings is 1. The number of alkyl halides is 1. The maximum Gasteiger partial charge on any atom is 0.319 e. The Bertz CT molecular complexity index is 1840. The van der Waals surface area contributed by atoms with Crippen molar-refractivity contribution >= 4 is 45.0 Å². The van der Waals surface area contributed by atoms with Crippen molar-refractivity contribution in [1.29, 1.82) is 0 Å². The predicted octanol–water partition coefficient (Wildman–Crippen LogP) is 6.56. The topological polar surface area (TPSA) is 61.8 Å². The summed E-state index contributed by atoms with van der Waals surface area (Å²) in [6.07, 6.45) is 2.60. The van der Waals surface area contributed by atoms with E-state index in [1.165, 1.54) is 18.2 Å². The molecule has 0 aliphatic carbocycles. The quantitative estimate of drug-likeness (QED) is 0.224. The first-order valence-corrected chi connectivity index (χ1v) is 15.6. The van der Waals surface area contributed by atoms with Crippen LogP contribution in [0.5, 0.6) is 6.01 Å². The van der Waals surface area contributed by atoms with Gasteiger partial charge in [0.05, 0.1) is 16.1 Å². The Hall–Kier alpha value is -3.89. The van der Waals surface area contributed by atoms with Crippen LogP contribution in [0.3, 0.4) is 0 Å². The van der Waals surface area contributed by atoms with E-state index in [0.717, 1.165) is 19.4 Å². The van der Waals surface area contributed by atoms with E-state index in [2.05, 4.69) is 11.5 Å². The molecule has 3 atom stereocenters. The van der Waals surface area contributed by atoms with Gasteiger partial charge in [0.15, 0.2) is 0 Å². The minimum Gasteiger partial charge on any atom is -0.461 e. The monoisotopic (exact) mass is 635 g/mol. The van der Waals surface area contributed by atoms with Gasteiger partial charge < -0.3 is 14.5 Å². The molecule has 0 bridgehead atoms. The number of fused-ring (bicyclic) bond motifs is 3. The number of ether oxygens (including phenoxy) is 1. The molecule has 0 saturated carbocycles. The van der Waals surface area contributed by atoms with Gasteiger partial charge in [-0.15, -0.1) is 0 Å². The van der Waals surface area contributed by atoms with Crippen molar-refractivity contribution in [1.82, 2.24) is 19.8 Å². The van der Waals surface area contributed by atoms with Crippen LogP contribution < -0.4 is 9.64 Å². The zero-order valence-corrected chi connectivity index (χ0v) is 25.7. The van der Waals surface area contributed by atoms with E-state index in [1.54, 1.807) is 35.2 Å². The number of hydrogen-bond acceptors (Lipinski definition) is 6. The molecule has 234 valence electrons. The summed E-state index contributed by atoms with van der Waals surface area (Å²) >= 11 is 6.41. The fourth-order valence-electron chi connectivity index (χ4n) is 7.39. The molecule has 4 aromatic rings. The Balaban J connectivity index is 1.34. The number of anilines is 1. The van der Waals surface area contributed by atoms with Gasteiger partial charge in [0.25, 0.3) is 0 Å². The molecule has 0 spiro atoms. The van der Waals surface area contributed by atoms with Crippen molar-refractivity contribution in [2.24, 2.45) is 0 Å². The van der Waals surface area contributed by atoms with E-state index in [0.29, 0.717) is 65.7 Å². The van der Waals surface area contributed by atoms with E-state index in [-0.39, 0.29) is 35.2 Å². The number of nitrogens with zero attached hydrogens (tertiary/aromatic N) is 5. The fraction of sp³-hybridized carbons (Fsp3) is 0.382. The lowest BCUT2D eigenvalue weighted by atomic mass is 9.95. The number of halogens is 4. The van der Waals surface area contributed by atoms with Crippen molar-refractivity contribution in [2.75, 3.05) is 44.2 Å². The first-order chi connectivity index (χ1) is 21.7. The maximum absolute atomic E-state index is 16.1. The number of rotatable bonds is 6. The van der Waals surface area contributed by atoms with E-state index >= 15 is 4.39 Å². The van der Waals surface area contributed by atoms with Gasteiger partial charge in [-0.05, 0) is 61.5 Å². The standard InChI is InChI=1S/C34H33ClF3N5O2/c1-3-29(44)41-12-13-43(20(2)17-41)32-25-14-27(38)24(23-7-4-6-21-8-9-26(37)31(35)30(21)23)15-28(25)39-33(40-32)45-19-34-10-5-11-42(34)18-22(36)16-34/h3-4,6-9,14-15,20,22H,1,5,10-13,16-19H2,2H3/t20-,22+,34-/m0/s1. The first-order valence-electron chi connectivity index (χ1n) is 15.3. The Morgan fingerprint density at radius 2 is 1.96 bits per heavy atom. The van der Waals surface area contributed by atoms with Crippen LogP contribution in [0, 0.1) is 11.6 Å². The van der Waals surface area contributed by atoms with E-state index < -0.39 is 23.3 Å². The van der Waals surface area contributed by atoms with E-state index in [9.17, 15) is 13.6 Å². The van der Waals surface area contributed by atoms with Gasteiger partial charge in [0, 0.05) is 55.0 Å². The smallest absolute Gasteiger partial charge is 0.319 e. The lowest BCUT2D eigenvalue weighted by Crippen LogP contribution is -2.53. The summed E-state index contributed by atoms with van der Waals surface area (Å²) < 4.78 is 51.4. The minimum atomic E-state index is -0.903. The molecule has 1 amide bonds. The molecule has 3 aliphatic rings. The van der Waals surface area contributed by atoms with Crippen LogP contribution in [0.1, 0.15) is 26.2 Å². The van der Waals surface area contributed by atoms with Gasteiger partial charge in [-0.2, -0.15) is 9.97 Å². The number of hydrogen-bond donors (Lipinski definition) is 0. The molecule has 3 fully saturated rings. The molecule has 3 saturated heterocycles. The largest absolute Gasteiger partial charge is 0.461 e. The van der Waals surface area contributed by atoms with Crippen molar-refractivity contribution in [2.45, 2.75) is 43.9 Å². The third-order valence-corrected chi connectivity index (χ3v) is 9.96. The first kappa shape index (κ1) is 29.8. The van der Waals surface area contributed by atoms with Gasteiger partial charge in [-0.1, -0.05) is 42.4 Å². The molecule has 45 heavy (non-hydrogen) atoms. The highest BCUT2D eigenvalue weighted by molar-refractivity contribution is 6.37. The molecule has 7 rings (SSSR count). The van der Waals surface area contributed by atoms with Crippen LogP contribution in [-0.2, 0) is 4.79 Å². The van der Waals surface area contributed by atoms with Crippen LogP contribution in [0.2, 0.25) is 5.02 Å². The fourth-order valence-corrected chi connectivity index (χ4v) is 7.66. The summed E-state index contributed by atoms with van der Waals surface area (Å²) in [5.74, 6) is -0.801. The maximum atomic E-state index is 16.1. The van der Waals surface area contributed by atoms with Crippen molar-refractivity contribution in [3.63, 3.8) is 0 Å². The van der Waals surface area contributed by atoms with Crippen molar-refractivity contribution < 1.29 is 22.7 Å². The molecule has 0 radical (unpaired) electrons. The second-order valence-electron chi connectivity index (χ2n) is 12.3. The molecule has 3 aromatic carbocycles. The van der Waals surface area contributed by atoms with Crippen LogP contribution in [0.15, 0.2) is 55.1 Å². The predicted molar refractivity (Wildman–Crippen MR) is 170 cm³/mol. The lowest BCUT2D eigenvalue weighted by molar-refractivity contribution is -0.126. The van der Waals surface area contributed by atoms with E-state index in [1.807, 2.05) is 11.8 Å². The highest BCUT2D eigenvalue weighted by Gasteiger charge is 2.49. The van der Waals surface area contributed by atoms with Crippen molar-refractivity contribution in [3.05, 3.63) is 71.8 Å². The minimum absolute atomic E-state index is 0.0844. The third-order valence-electron chi connectivity index (χ3n) is 9.59. The highest BCUT2D eigenvalue weighted by Crippen LogP contribution is 2.42. The summed E-state index contributed by atoms with van der Waals surface area (Å²) in [7, 11) is 0. The summed E-state index contributed by atoms with van der Waals surface area (Å²) in [5, 5.41) is 1.47. The molecule has 7 nitrogen and oxygen atoms in total. The second kappa shape index (κ2) is 11.5. The normalized spacial score (nSPS) is 23.6. The van der Waals surface area contributed by atoms with E-state index in [4.69, 9.17) is 26.3 Å². The molecule has 3 aliphatic heterocycles. The van der Waals surface area contributed by atoms with Crippen LogP contribution >= 0.6 is 11.6 Å². The molecule has 4 heterocycles. The third kappa shape index (κ3) is 5.17. The van der Waals surface area contributed by atoms with Crippen LogP contribution in [0.4, 0.5) is 19.0 Å². The summed E-state index contributed by atoms with van der Waals surface area (Å²) in [6.45, 7) is 8.37. The second-order valence-corrected chi connectivity index (χ2v) is 12.7. The van der Waals surface area contributed by atoms with Gasteiger partial charge in [0.2, 0.25) is 5.91 Å². The Labute approximate surface area is 264 Å². The zero-order valence-electron chi connectivity index (χ0n) is 24.9. The van der Waals surface area contributed by atoms with Gasteiger partial charge in [-0.3, -0.25) is 9.69 Å². The average Bonchev–Trinajstić information content (AvgIpc) is 3.56. The lowest BCUT2D eigenvalue weighted by Gasteiger charge is -2.40. The molecule has 0 unspecified atom stereocenters. The van der Waals surface area contributed by atoms with Crippen LogP contribution in [0.25, 0.3) is 32.8 Å². The number of carbonyl (C=O) groups is 1. The molecule has 0 N–H and O–H groups in total. The molecular formula is C34H33ClF3N5O2. The number of aromatic nitrogens is 2. The van der Waals surface area contributed by atoms with Crippen molar-refractivity contribution in [3.8, 4) is 17.1 Å². The SMILES string of the molecule is C=CC(=O)N1CCN(c2nc(OC[C@@]34CCCN3C[C@H](F)C4)nc3cc(-c4cccc5ccc(F)c(Cl)c45)c(F)cc23)[C@@H](C)C1. The Kier molecular flexibility index (Phi) is 7.60. The number of amides is 1. The Morgan fingerprint density at radius 1 is 1.11 bits per heavy atom. The molecule has 1 aromatic heterocycles. The molecular weight excluding hydrogens is 603 g/mol. The van der Waals surface area contributed by atoms with Gasteiger partial charge in [0.1, 0.15) is 30.2 Å². The number of carbonyl (C=O) groups excluding carboxylic acids is 1. The van der Waals surface area contributed by atoms with Gasteiger partial charge >= 0.3 is 6.01 Å². The average molecular weight is 636 g/mol. The summed E-state index contributed by atoms with van der Waals surface area (Å²) in [5.41, 5.74) is 0.675. The summed E-state index contributed by atoms with van der Waals surface area (Å²) in [6, 6.07) is 11.1. The molecule has 11 heteroatoms. The number of benzene rings is 3. The summed E-state index contributed by atoms with van der Waals surface area (Å²) in [4.78, 5) is 27.8. The zero-order chi connectivity index (χ0) is 31.5. The Morgan fingerprint density at radius 3 is 2.76 bits per heavy atom. The highest BCUT2D eigenvalue weighted by atomic mass is 35.5. The van der Waals surface area contributed by atoms with Crippen LogP contribution in [-0.4, -0.2) is 82.8 Å².